The van der Waals surface area contributed by atoms with Gasteiger partial charge >= 0.3 is 0 Å². The van der Waals surface area contributed by atoms with Crippen molar-refractivity contribution in [1.82, 2.24) is 4.98 Å². The summed E-state index contributed by atoms with van der Waals surface area (Å²) in [7, 11) is 0. The van der Waals surface area contributed by atoms with E-state index in [1.54, 1.807) is 18.3 Å². The van der Waals surface area contributed by atoms with E-state index in [-0.39, 0.29) is 11.4 Å². The number of nitrogens with two attached hydrogens (primary N) is 1. The van der Waals surface area contributed by atoms with Crippen LogP contribution in [0.4, 0.5) is 5.69 Å². The Morgan fingerprint density at radius 2 is 2.15 bits per heavy atom. The van der Waals surface area contributed by atoms with Crippen LogP contribution in [0.1, 0.15) is 26.7 Å². The number of benzene rings is 1. The number of anilines is 1. The molecule has 106 valence electrons. The second kappa shape index (κ2) is 5.77. The lowest BCUT2D eigenvalue weighted by molar-refractivity contribution is -0.116. The number of halogens is 1. The third kappa shape index (κ3) is 3.68. The number of amides is 1. The molecule has 0 aliphatic carbocycles. The number of carbonyl (C=O) groups excluding carboxylic acids is 1. The standard InChI is InChI=1S/C15H18ClN3O/c1-15(2,17)8-7-13(20)19-12-6-5-11(16)14-10(12)4-3-9-18-14/h3-6,9H,7-8,17H2,1-2H3,(H,19,20). The number of aromatic nitrogens is 1. The van der Waals surface area contributed by atoms with E-state index >= 15 is 0 Å². The average Bonchev–Trinajstić information content (AvgIpc) is 2.39. The third-order valence-corrected chi connectivity index (χ3v) is 3.30. The molecule has 2 aromatic rings. The van der Waals surface area contributed by atoms with E-state index in [1.165, 1.54) is 0 Å². The Morgan fingerprint density at radius 1 is 1.40 bits per heavy atom. The van der Waals surface area contributed by atoms with Gasteiger partial charge in [0, 0.05) is 23.5 Å². The molecule has 0 bridgehead atoms. The van der Waals surface area contributed by atoms with Crippen molar-refractivity contribution in [2.24, 2.45) is 5.73 Å². The van der Waals surface area contributed by atoms with Crippen LogP contribution in [-0.4, -0.2) is 16.4 Å². The van der Waals surface area contributed by atoms with Gasteiger partial charge in [-0.3, -0.25) is 9.78 Å². The first-order valence-corrected chi connectivity index (χ1v) is 6.86. The van der Waals surface area contributed by atoms with E-state index < -0.39 is 0 Å². The van der Waals surface area contributed by atoms with Crippen molar-refractivity contribution in [3.63, 3.8) is 0 Å². The van der Waals surface area contributed by atoms with E-state index in [9.17, 15) is 4.79 Å². The topological polar surface area (TPSA) is 68.0 Å². The molecule has 3 N–H and O–H groups in total. The van der Waals surface area contributed by atoms with Gasteiger partial charge in [-0.05, 0) is 44.5 Å². The Hall–Kier alpha value is -1.65. The summed E-state index contributed by atoms with van der Waals surface area (Å²) >= 11 is 6.09. The largest absolute Gasteiger partial charge is 0.326 e. The Kier molecular flexibility index (Phi) is 4.26. The minimum absolute atomic E-state index is 0.0593. The maximum absolute atomic E-state index is 12.0. The predicted molar refractivity (Wildman–Crippen MR) is 82.9 cm³/mol. The van der Waals surface area contributed by atoms with Gasteiger partial charge in [0.2, 0.25) is 5.91 Å². The lowest BCUT2D eigenvalue weighted by Gasteiger charge is -2.17. The van der Waals surface area contributed by atoms with Crippen molar-refractivity contribution < 1.29 is 4.79 Å². The van der Waals surface area contributed by atoms with Gasteiger partial charge in [-0.25, -0.2) is 0 Å². The lowest BCUT2D eigenvalue weighted by atomic mass is 10.00. The zero-order chi connectivity index (χ0) is 14.8. The second-order valence-corrected chi connectivity index (χ2v) is 5.94. The highest BCUT2D eigenvalue weighted by Gasteiger charge is 2.14. The molecular formula is C15H18ClN3O. The minimum Gasteiger partial charge on any atom is -0.326 e. The molecule has 0 saturated carbocycles. The summed E-state index contributed by atoms with van der Waals surface area (Å²) < 4.78 is 0. The Balaban J connectivity index is 2.18. The van der Waals surface area contributed by atoms with Gasteiger partial charge in [-0.2, -0.15) is 0 Å². The molecule has 4 nitrogen and oxygen atoms in total. The predicted octanol–water partition coefficient (Wildman–Crippen LogP) is 3.34. The Morgan fingerprint density at radius 3 is 2.85 bits per heavy atom. The number of hydrogen-bond acceptors (Lipinski definition) is 3. The van der Waals surface area contributed by atoms with Crippen molar-refractivity contribution in [3.8, 4) is 0 Å². The molecule has 1 aromatic carbocycles. The van der Waals surface area contributed by atoms with Crippen molar-refractivity contribution >= 4 is 34.1 Å². The number of hydrogen-bond donors (Lipinski definition) is 2. The molecule has 1 amide bonds. The van der Waals surface area contributed by atoms with E-state index in [0.29, 0.717) is 23.4 Å². The normalized spacial score (nSPS) is 11.6. The van der Waals surface area contributed by atoms with Gasteiger partial charge in [0.25, 0.3) is 0 Å². The van der Waals surface area contributed by atoms with Gasteiger partial charge < -0.3 is 11.1 Å². The monoisotopic (exact) mass is 291 g/mol. The first-order valence-electron chi connectivity index (χ1n) is 6.49. The summed E-state index contributed by atoms with van der Waals surface area (Å²) in [6.45, 7) is 3.81. The maximum atomic E-state index is 12.0. The second-order valence-electron chi connectivity index (χ2n) is 5.53. The van der Waals surface area contributed by atoms with Gasteiger partial charge in [0.1, 0.15) is 0 Å². The zero-order valence-electron chi connectivity index (χ0n) is 11.6. The number of nitrogens with zero attached hydrogens (tertiary/aromatic N) is 1. The molecule has 1 aromatic heterocycles. The molecule has 1 heterocycles. The summed E-state index contributed by atoms with van der Waals surface area (Å²) in [6.07, 6.45) is 2.69. The molecule has 20 heavy (non-hydrogen) atoms. The number of pyridine rings is 1. The van der Waals surface area contributed by atoms with Crippen LogP contribution in [0, 0.1) is 0 Å². The Bertz CT molecular complexity index is 635. The third-order valence-electron chi connectivity index (χ3n) is 2.99. The molecule has 0 unspecified atom stereocenters. The van der Waals surface area contributed by atoms with Crippen molar-refractivity contribution in [2.45, 2.75) is 32.2 Å². The molecule has 0 atom stereocenters. The molecule has 0 aliphatic rings. The Labute approximate surface area is 123 Å². The first kappa shape index (κ1) is 14.8. The number of nitrogens with one attached hydrogen (secondary N) is 1. The summed E-state index contributed by atoms with van der Waals surface area (Å²) in [6, 6.07) is 7.23. The highest BCUT2D eigenvalue weighted by molar-refractivity contribution is 6.35. The van der Waals surface area contributed by atoms with Crippen LogP contribution in [0.5, 0.6) is 0 Å². The van der Waals surface area contributed by atoms with E-state index in [1.807, 2.05) is 26.0 Å². The molecule has 0 aliphatic heterocycles. The fourth-order valence-corrected chi connectivity index (χ4v) is 2.11. The highest BCUT2D eigenvalue weighted by atomic mass is 35.5. The van der Waals surface area contributed by atoms with E-state index in [4.69, 9.17) is 17.3 Å². The van der Waals surface area contributed by atoms with Crippen LogP contribution in [0.3, 0.4) is 0 Å². The molecule has 0 spiro atoms. The fourth-order valence-electron chi connectivity index (χ4n) is 1.90. The number of rotatable bonds is 4. The van der Waals surface area contributed by atoms with Crippen LogP contribution in [0.25, 0.3) is 10.9 Å². The maximum Gasteiger partial charge on any atom is 0.224 e. The zero-order valence-corrected chi connectivity index (χ0v) is 12.4. The average molecular weight is 292 g/mol. The van der Waals surface area contributed by atoms with Gasteiger partial charge in [0.05, 0.1) is 16.2 Å². The van der Waals surface area contributed by atoms with Crippen LogP contribution in [-0.2, 0) is 4.79 Å². The van der Waals surface area contributed by atoms with Gasteiger partial charge in [0.15, 0.2) is 0 Å². The highest BCUT2D eigenvalue weighted by Crippen LogP contribution is 2.28. The first-order chi connectivity index (χ1) is 9.37. The van der Waals surface area contributed by atoms with Crippen molar-refractivity contribution in [2.75, 3.05) is 5.32 Å². The number of fused-ring (bicyclic) bond motifs is 1. The van der Waals surface area contributed by atoms with Gasteiger partial charge in [-0.1, -0.05) is 11.6 Å². The molecule has 0 fully saturated rings. The summed E-state index contributed by atoms with van der Waals surface area (Å²) in [4.78, 5) is 16.2. The molecule has 5 heteroatoms. The summed E-state index contributed by atoms with van der Waals surface area (Å²) in [5.41, 5.74) is 6.94. The van der Waals surface area contributed by atoms with Crippen LogP contribution in [0.2, 0.25) is 5.02 Å². The molecular weight excluding hydrogens is 274 g/mol. The lowest BCUT2D eigenvalue weighted by Crippen LogP contribution is -2.33. The summed E-state index contributed by atoms with van der Waals surface area (Å²) in [5.74, 6) is -0.0593. The fraction of sp³-hybridized carbons (Fsp3) is 0.333. The minimum atomic E-state index is -0.346. The smallest absolute Gasteiger partial charge is 0.224 e. The summed E-state index contributed by atoms with van der Waals surface area (Å²) in [5, 5.41) is 4.30. The van der Waals surface area contributed by atoms with Crippen molar-refractivity contribution in [1.29, 1.82) is 0 Å². The van der Waals surface area contributed by atoms with Crippen LogP contribution >= 0.6 is 11.6 Å². The van der Waals surface area contributed by atoms with Gasteiger partial charge in [-0.15, -0.1) is 0 Å². The number of carbonyl (C=O) groups is 1. The quantitative estimate of drug-likeness (QED) is 0.908. The SMILES string of the molecule is CC(C)(N)CCC(=O)Nc1ccc(Cl)c2ncccc12. The van der Waals surface area contributed by atoms with E-state index in [0.717, 1.165) is 11.1 Å². The molecule has 0 saturated heterocycles. The molecule has 0 radical (unpaired) electrons. The van der Waals surface area contributed by atoms with E-state index in [2.05, 4.69) is 10.3 Å². The van der Waals surface area contributed by atoms with Crippen LogP contribution in [0.15, 0.2) is 30.5 Å². The van der Waals surface area contributed by atoms with Crippen molar-refractivity contribution in [3.05, 3.63) is 35.5 Å². The van der Waals surface area contributed by atoms with Crippen LogP contribution < -0.4 is 11.1 Å². The molecule has 2 rings (SSSR count).